The molecule has 1 aromatic carbocycles. The van der Waals surface area contributed by atoms with Crippen LogP contribution in [0.2, 0.25) is 0 Å². The number of H-pyrrole nitrogens is 1. The number of hydrogen-bond donors (Lipinski definition) is 4. The zero-order valence-electron chi connectivity index (χ0n) is 16.6. The maximum absolute atomic E-state index is 12.3. The second-order valence-electron chi connectivity index (χ2n) is 8.40. The normalized spacial score (nSPS) is 22.3. The van der Waals surface area contributed by atoms with E-state index in [4.69, 9.17) is 0 Å². The van der Waals surface area contributed by atoms with Gasteiger partial charge in [0.15, 0.2) is 5.56 Å². The predicted octanol–water partition coefficient (Wildman–Crippen LogP) is 2.54. The number of carboxylic acids is 1. The number of halogens is 1. The summed E-state index contributed by atoms with van der Waals surface area (Å²) in [5.74, 6) is -1.11. The fraction of sp³-hybridized carbons (Fsp3) is 0.455. The second kappa shape index (κ2) is 7.96. The van der Waals surface area contributed by atoms with Gasteiger partial charge >= 0.3 is 5.97 Å². The van der Waals surface area contributed by atoms with Crippen LogP contribution < -0.4 is 15.8 Å². The Hall–Kier alpha value is -2.51. The van der Waals surface area contributed by atoms with Gasteiger partial charge in [-0.05, 0) is 62.3 Å². The second-order valence-corrected chi connectivity index (χ2v) is 8.40. The summed E-state index contributed by atoms with van der Waals surface area (Å²) in [4.78, 5) is 28.8. The smallest absolute Gasteiger partial charge is 0.345 e. The molecule has 0 bridgehead atoms. The zero-order chi connectivity index (χ0) is 20.1. The van der Waals surface area contributed by atoms with Gasteiger partial charge in [0.05, 0.1) is 5.69 Å². The molecule has 4 N–H and O–H groups in total. The SMILES string of the molecule is Cl.O=C(O)c1c(O)c2c([nH]c1=O)-c1ccc(N3C[C@H]4CCCN[C@H]4C3)cc1CCC2. The summed E-state index contributed by atoms with van der Waals surface area (Å²) >= 11 is 0. The fourth-order valence-corrected chi connectivity index (χ4v) is 5.24. The number of pyridine rings is 1. The van der Waals surface area contributed by atoms with Crippen LogP contribution in [0.15, 0.2) is 23.0 Å². The summed E-state index contributed by atoms with van der Waals surface area (Å²) in [7, 11) is 0. The number of nitrogens with zero attached hydrogens (tertiary/aromatic N) is 1. The van der Waals surface area contributed by atoms with Gasteiger partial charge < -0.3 is 25.4 Å². The van der Waals surface area contributed by atoms with Crippen LogP contribution in [-0.2, 0) is 12.8 Å². The number of aromatic amines is 1. The van der Waals surface area contributed by atoms with Gasteiger partial charge in [-0.2, -0.15) is 0 Å². The van der Waals surface area contributed by atoms with E-state index in [1.807, 2.05) is 6.07 Å². The molecule has 160 valence electrons. The van der Waals surface area contributed by atoms with E-state index >= 15 is 0 Å². The van der Waals surface area contributed by atoms with Gasteiger partial charge in [-0.3, -0.25) is 4.79 Å². The van der Waals surface area contributed by atoms with Gasteiger partial charge in [0.1, 0.15) is 5.75 Å². The molecule has 0 amide bonds. The molecule has 3 aliphatic rings. The highest BCUT2D eigenvalue weighted by atomic mass is 35.5. The number of aryl methyl sites for hydroxylation is 1. The number of carbonyl (C=O) groups is 1. The molecule has 8 heteroatoms. The average molecular weight is 432 g/mol. The summed E-state index contributed by atoms with van der Waals surface area (Å²) in [5, 5.41) is 23.4. The van der Waals surface area contributed by atoms with Crippen LogP contribution >= 0.6 is 12.4 Å². The van der Waals surface area contributed by atoms with Gasteiger partial charge in [0.25, 0.3) is 5.56 Å². The summed E-state index contributed by atoms with van der Waals surface area (Å²) in [5.41, 5.74) is 2.93. The van der Waals surface area contributed by atoms with Crippen LogP contribution in [0.25, 0.3) is 11.3 Å². The van der Waals surface area contributed by atoms with E-state index in [1.54, 1.807) is 0 Å². The molecule has 5 rings (SSSR count). The van der Waals surface area contributed by atoms with Gasteiger partial charge in [0.2, 0.25) is 0 Å². The molecule has 2 saturated heterocycles. The molecule has 2 aliphatic heterocycles. The highest BCUT2D eigenvalue weighted by Crippen LogP contribution is 2.38. The van der Waals surface area contributed by atoms with Crippen molar-refractivity contribution in [1.29, 1.82) is 0 Å². The van der Waals surface area contributed by atoms with Gasteiger partial charge in [-0.25, -0.2) is 4.79 Å². The Morgan fingerprint density at radius 1 is 1.17 bits per heavy atom. The highest BCUT2D eigenvalue weighted by Gasteiger charge is 2.34. The van der Waals surface area contributed by atoms with E-state index in [1.165, 1.54) is 18.5 Å². The first kappa shape index (κ1) is 20.8. The van der Waals surface area contributed by atoms with Crippen LogP contribution in [0, 0.1) is 5.92 Å². The number of benzene rings is 1. The summed E-state index contributed by atoms with van der Waals surface area (Å²) < 4.78 is 0. The molecule has 3 heterocycles. The molecular formula is C22H26ClN3O4. The molecule has 2 atom stereocenters. The molecule has 0 saturated carbocycles. The van der Waals surface area contributed by atoms with Crippen molar-refractivity contribution in [3.8, 4) is 17.0 Å². The lowest BCUT2D eigenvalue weighted by atomic mass is 9.94. The van der Waals surface area contributed by atoms with Crippen LogP contribution in [0.5, 0.6) is 5.75 Å². The molecule has 2 fully saturated rings. The van der Waals surface area contributed by atoms with E-state index < -0.39 is 22.8 Å². The van der Waals surface area contributed by atoms with E-state index in [9.17, 15) is 19.8 Å². The molecule has 7 nitrogen and oxygen atoms in total. The average Bonchev–Trinajstić information content (AvgIpc) is 3.05. The third kappa shape index (κ3) is 3.36. The topological polar surface area (TPSA) is 106 Å². The van der Waals surface area contributed by atoms with Crippen molar-refractivity contribution < 1.29 is 15.0 Å². The maximum Gasteiger partial charge on any atom is 0.345 e. The molecule has 0 radical (unpaired) electrons. The number of anilines is 1. The van der Waals surface area contributed by atoms with Crippen LogP contribution in [0.1, 0.15) is 40.7 Å². The maximum atomic E-state index is 12.3. The minimum atomic E-state index is -1.41. The summed E-state index contributed by atoms with van der Waals surface area (Å²) in [6, 6.07) is 6.83. The monoisotopic (exact) mass is 431 g/mol. The van der Waals surface area contributed by atoms with Crippen molar-refractivity contribution in [2.45, 2.75) is 38.1 Å². The fourth-order valence-electron chi connectivity index (χ4n) is 5.24. The van der Waals surface area contributed by atoms with E-state index in [2.05, 4.69) is 27.3 Å². The molecule has 1 aromatic heterocycles. The molecule has 1 aliphatic carbocycles. The molecule has 30 heavy (non-hydrogen) atoms. The van der Waals surface area contributed by atoms with E-state index in [0.29, 0.717) is 29.6 Å². The van der Waals surface area contributed by atoms with E-state index in [-0.39, 0.29) is 12.4 Å². The molecule has 2 aromatic rings. The van der Waals surface area contributed by atoms with Crippen molar-refractivity contribution in [3.05, 3.63) is 45.2 Å². The van der Waals surface area contributed by atoms with Crippen molar-refractivity contribution in [1.82, 2.24) is 10.3 Å². The first-order valence-electron chi connectivity index (χ1n) is 10.4. The predicted molar refractivity (Wildman–Crippen MR) is 117 cm³/mol. The third-order valence-corrected chi connectivity index (χ3v) is 6.70. The first-order valence-corrected chi connectivity index (χ1v) is 10.4. The highest BCUT2D eigenvalue weighted by molar-refractivity contribution is 5.92. The number of rotatable bonds is 2. The number of piperidine rings is 1. The number of fused-ring (bicyclic) bond motifs is 4. The number of hydrogen-bond acceptors (Lipinski definition) is 5. The van der Waals surface area contributed by atoms with Crippen molar-refractivity contribution in [3.63, 3.8) is 0 Å². The Kier molecular flexibility index (Phi) is 5.51. The van der Waals surface area contributed by atoms with Crippen molar-refractivity contribution in [2.75, 3.05) is 24.5 Å². The number of nitrogens with one attached hydrogen (secondary N) is 2. The van der Waals surface area contributed by atoms with Gasteiger partial charge in [0, 0.05) is 35.9 Å². The van der Waals surface area contributed by atoms with Crippen LogP contribution in [0.4, 0.5) is 5.69 Å². The summed E-state index contributed by atoms with van der Waals surface area (Å²) in [6.45, 7) is 3.18. The Bertz CT molecular complexity index is 1040. The Morgan fingerprint density at radius 3 is 2.77 bits per heavy atom. The molecular weight excluding hydrogens is 406 g/mol. The minimum Gasteiger partial charge on any atom is -0.506 e. The Morgan fingerprint density at radius 2 is 2.00 bits per heavy atom. The minimum absolute atomic E-state index is 0. The lowest BCUT2D eigenvalue weighted by Gasteiger charge is -2.24. The number of aromatic nitrogens is 1. The molecule has 0 spiro atoms. The van der Waals surface area contributed by atoms with Crippen molar-refractivity contribution >= 4 is 24.1 Å². The zero-order valence-corrected chi connectivity index (χ0v) is 17.4. The number of aromatic hydroxyl groups is 1. The summed E-state index contributed by atoms with van der Waals surface area (Å²) in [6.07, 6.45) is 4.65. The Balaban J connectivity index is 0.00000218. The van der Waals surface area contributed by atoms with Gasteiger partial charge in [-0.1, -0.05) is 6.07 Å². The number of aromatic carboxylic acids is 1. The quantitative estimate of drug-likeness (QED) is 0.582. The van der Waals surface area contributed by atoms with Crippen LogP contribution in [-0.4, -0.2) is 46.8 Å². The van der Waals surface area contributed by atoms with E-state index in [0.717, 1.165) is 43.6 Å². The number of carboxylic acid groups (broad SMARTS) is 1. The first-order chi connectivity index (χ1) is 14.0. The Labute approximate surface area is 180 Å². The van der Waals surface area contributed by atoms with Crippen molar-refractivity contribution in [2.24, 2.45) is 5.92 Å². The van der Waals surface area contributed by atoms with Gasteiger partial charge in [-0.15, -0.1) is 12.4 Å². The molecule has 0 unspecified atom stereocenters. The standard InChI is InChI=1S/C22H25N3O4.ClH/c26-20-16-5-1-3-12-9-14(25-10-13-4-2-8-23-17(13)11-25)6-7-15(12)19(16)24-21(27)18(20)22(28)29;/h6-7,9,13,17,23H,1-5,8,10-11H2,(H,28,29)(H2,24,26,27);1H/t13-,17+;/m1./s1. The van der Waals surface area contributed by atoms with Crippen LogP contribution in [0.3, 0.4) is 0 Å². The lowest BCUT2D eigenvalue weighted by molar-refractivity contribution is 0.0691. The lowest BCUT2D eigenvalue weighted by Crippen LogP contribution is -2.40. The largest absolute Gasteiger partial charge is 0.506 e. The third-order valence-electron chi connectivity index (χ3n) is 6.70.